The van der Waals surface area contributed by atoms with Crippen molar-refractivity contribution in [3.8, 4) is 6.07 Å². The first-order chi connectivity index (χ1) is 20.8. The van der Waals surface area contributed by atoms with Crippen LogP contribution in [0.3, 0.4) is 0 Å². The van der Waals surface area contributed by atoms with Crippen LogP contribution in [-0.2, 0) is 35.8 Å². The van der Waals surface area contributed by atoms with Gasteiger partial charge in [0.1, 0.15) is 23.9 Å². The van der Waals surface area contributed by atoms with Crippen LogP contribution in [0.25, 0.3) is 0 Å². The molecule has 2 N–H and O–H groups in total. The number of halogens is 1. The van der Waals surface area contributed by atoms with E-state index in [1.54, 1.807) is 18.2 Å². The molecule has 2 saturated heterocycles. The molecule has 2 aromatic carbocycles. The summed E-state index contributed by atoms with van der Waals surface area (Å²) in [7, 11) is 1.53. The number of amides is 4. The standard InChI is InChI=1S/C33H38FN5O5/c1-32(2,3)15-27(30(42)39-19-33(14-23(39)16-35)24-7-5-6-8-25(24)37-31(33)43)38(4)29(41)26(36-28(40)21-17-44-18-21)13-20-9-11-22(34)12-10-20/h5-12,21,23,26-27H,13-15,17-19H2,1-4H3,(H,36,40)(H,37,43)/t23-,26-,27-,33-/m0/s1. The molecule has 0 radical (unpaired) electrons. The number of likely N-dealkylation sites (tertiary alicyclic amines) is 1. The van der Waals surface area contributed by atoms with Gasteiger partial charge in [-0.3, -0.25) is 19.2 Å². The van der Waals surface area contributed by atoms with E-state index in [9.17, 15) is 28.8 Å². The van der Waals surface area contributed by atoms with Gasteiger partial charge in [-0.2, -0.15) is 5.26 Å². The van der Waals surface area contributed by atoms with Crippen molar-refractivity contribution >= 4 is 29.3 Å². The van der Waals surface area contributed by atoms with Crippen LogP contribution in [0.2, 0.25) is 0 Å². The van der Waals surface area contributed by atoms with Crippen LogP contribution in [0.4, 0.5) is 10.1 Å². The molecule has 0 aliphatic carbocycles. The lowest BCUT2D eigenvalue weighted by Crippen LogP contribution is -2.58. The first-order valence-corrected chi connectivity index (χ1v) is 14.8. The van der Waals surface area contributed by atoms with Crippen LogP contribution in [0.1, 0.15) is 44.7 Å². The normalized spacial score (nSPS) is 22.4. The maximum Gasteiger partial charge on any atom is 0.246 e. The minimum atomic E-state index is -1.06. The lowest BCUT2D eigenvalue weighted by atomic mass is 9.80. The molecule has 11 heteroatoms. The number of carbonyl (C=O) groups excluding carboxylic acids is 4. The largest absolute Gasteiger partial charge is 0.380 e. The maximum absolute atomic E-state index is 14.4. The second-order valence-corrected chi connectivity index (χ2v) is 13.3. The van der Waals surface area contributed by atoms with Gasteiger partial charge >= 0.3 is 0 Å². The molecule has 0 saturated carbocycles. The van der Waals surface area contributed by atoms with E-state index >= 15 is 0 Å². The highest BCUT2D eigenvalue weighted by Gasteiger charge is 2.57. The summed E-state index contributed by atoms with van der Waals surface area (Å²) in [6.45, 7) is 6.38. The van der Waals surface area contributed by atoms with Gasteiger partial charge in [0.15, 0.2) is 0 Å². The van der Waals surface area contributed by atoms with Crippen LogP contribution in [0.15, 0.2) is 48.5 Å². The Kier molecular flexibility index (Phi) is 8.49. The maximum atomic E-state index is 14.4. The molecule has 4 amide bonds. The van der Waals surface area contributed by atoms with Crippen molar-refractivity contribution in [1.82, 2.24) is 15.1 Å². The van der Waals surface area contributed by atoms with Gasteiger partial charge < -0.3 is 25.2 Å². The van der Waals surface area contributed by atoms with Gasteiger partial charge in [-0.1, -0.05) is 51.1 Å². The molecule has 10 nitrogen and oxygen atoms in total. The quantitative estimate of drug-likeness (QED) is 0.477. The lowest BCUT2D eigenvalue weighted by molar-refractivity contribution is -0.149. The summed E-state index contributed by atoms with van der Waals surface area (Å²) < 4.78 is 18.8. The SMILES string of the molecule is CN(C(=O)[C@H](Cc1ccc(F)cc1)NC(=O)C1COC1)[C@@H](CC(C)(C)C)C(=O)N1C[C@]2(C[C@H]1C#N)C(=O)Nc1ccccc12. The third-order valence-corrected chi connectivity index (χ3v) is 8.80. The number of benzene rings is 2. The van der Waals surface area contributed by atoms with Gasteiger partial charge in [-0.25, -0.2) is 4.39 Å². The second-order valence-electron chi connectivity index (χ2n) is 13.3. The number of para-hydroxylation sites is 1. The molecule has 3 aliphatic rings. The van der Waals surface area contributed by atoms with Gasteiger partial charge in [0, 0.05) is 32.1 Å². The van der Waals surface area contributed by atoms with E-state index in [1.165, 1.54) is 29.0 Å². The van der Waals surface area contributed by atoms with Gasteiger partial charge in [0.25, 0.3) is 0 Å². The molecule has 0 aromatic heterocycles. The predicted octanol–water partition coefficient (Wildman–Crippen LogP) is 2.78. The van der Waals surface area contributed by atoms with Gasteiger partial charge in [-0.15, -0.1) is 0 Å². The molecule has 44 heavy (non-hydrogen) atoms. The Labute approximate surface area is 256 Å². The highest BCUT2D eigenvalue weighted by Crippen LogP contribution is 2.46. The monoisotopic (exact) mass is 603 g/mol. The Balaban J connectivity index is 1.44. The number of hydrogen-bond donors (Lipinski definition) is 2. The van der Waals surface area contributed by atoms with Crippen molar-refractivity contribution in [2.75, 3.05) is 32.1 Å². The minimum Gasteiger partial charge on any atom is -0.380 e. The average molecular weight is 604 g/mol. The van der Waals surface area contributed by atoms with Crippen LogP contribution < -0.4 is 10.6 Å². The van der Waals surface area contributed by atoms with Crippen molar-refractivity contribution < 1.29 is 28.3 Å². The molecule has 0 bridgehead atoms. The fourth-order valence-electron chi connectivity index (χ4n) is 6.28. The van der Waals surface area contributed by atoms with Crippen LogP contribution in [-0.4, -0.2) is 78.4 Å². The van der Waals surface area contributed by atoms with Crippen LogP contribution in [0.5, 0.6) is 0 Å². The molecule has 232 valence electrons. The number of likely N-dealkylation sites (N-methyl/N-ethyl adjacent to an activating group) is 1. The molecule has 4 atom stereocenters. The average Bonchev–Trinajstić information content (AvgIpc) is 3.47. The third kappa shape index (κ3) is 6.04. The van der Waals surface area contributed by atoms with Gasteiger partial charge in [0.05, 0.1) is 30.6 Å². The number of rotatable bonds is 8. The summed E-state index contributed by atoms with van der Waals surface area (Å²) in [4.78, 5) is 57.6. The second kappa shape index (κ2) is 12.0. The Morgan fingerprint density at radius 1 is 1.18 bits per heavy atom. The lowest BCUT2D eigenvalue weighted by Gasteiger charge is -2.37. The summed E-state index contributed by atoms with van der Waals surface area (Å²) in [5.41, 5.74) is 0.590. The Bertz CT molecular complexity index is 1500. The molecule has 0 unspecified atom stereocenters. The van der Waals surface area contributed by atoms with Crippen molar-refractivity contribution in [1.29, 1.82) is 5.26 Å². The highest BCUT2D eigenvalue weighted by molar-refractivity contribution is 6.07. The van der Waals surface area contributed by atoms with E-state index in [4.69, 9.17) is 4.74 Å². The molecule has 3 aliphatic heterocycles. The number of nitrogens with one attached hydrogen (secondary N) is 2. The number of ether oxygens (including phenoxy) is 1. The summed E-state index contributed by atoms with van der Waals surface area (Å²) in [5.74, 6) is -2.32. The molecule has 2 aromatic rings. The van der Waals surface area contributed by atoms with Crippen molar-refractivity contribution in [2.45, 2.75) is 63.6 Å². The smallest absolute Gasteiger partial charge is 0.246 e. The van der Waals surface area contributed by atoms with Gasteiger partial charge in [0.2, 0.25) is 23.6 Å². The molecule has 5 rings (SSSR count). The summed E-state index contributed by atoms with van der Waals surface area (Å²) >= 11 is 0. The number of carbonyl (C=O) groups is 4. The highest BCUT2D eigenvalue weighted by atomic mass is 19.1. The number of anilines is 1. The van der Waals surface area contributed by atoms with E-state index in [1.807, 2.05) is 39.0 Å². The number of fused-ring (bicyclic) bond motifs is 2. The fraction of sp³-hybridized carbons (Fsp3) is 0.485. The van der Waals surface area contributed by atoms with E-state index in [0.29, 0.717) is 11.3 Å². The molecule has 3 heterocycles. The van der Waals surface area contributed by atoms with Crippen LogP contribution in [0, 0.1) is 28.5 Å². The first-order valence-electron chi connectivity index (χ1n) is 14.8. The van der Waals surface area contributed by atoms with E-state index in [-0.39, 0.29) is 56.8 Å². The van der Waals surface area contributed by atoms with Crippen molar-refractivity contribution in [2.24, 2.45) is 11.3 Å². The predicted molar refractivity (Wildman–Crippen MR) is 159 cm³/mol. The fourth-order valence-corrected chi connectivity index (χ4v) is 6.28. The Morgan fingerprint density at radius 3 is 2.48 bits per heavy atom. The zero-order chi connectivity index (χ0) is 31.8. The Hall–Kier alpha value is -4.30. The molecular weight excluding hydrogens is 565 g/mol. The van der Waals surface area contributed by atoms with Gasteiger partial charge in [-0.05, 0) is 41.2 Å². The summed E-state index contributed by atoms with van der Waals surface area (Å²) in [5, 5.41) is 15.9. The van der Waals surface area contributed by atoms with E-state index in [2.05, 4.69) is 16.7 Å². The third-order valence-electron chi connectivity index (χ3n) is 8.80. The molecule has 2 fully saturated rings. The number of hydrogen-bond acceptors (Lipinski definition) is 6. The zero-order valence-corrected chi connectivity index (χ0v) is 25.4. The van der Waals surface area contributed by atoms with Crippen LogP contribution >= 0.6 is 0 Å². The molecular formula is C33H38FN5O5. The van der Waals surface area contributed by atoms with E-state index < -0.39 is 46.6 Å². The summed E-state index contributed by atoms with van der Waals surface area (Å²) in [6, 6.07) is 12.3. The zero-order valence-electron chi connectivity index (χ0n) is 25.4. The first kappa shape index (κ1) is 31.1. The topological polar surface area (TPSA) is 132 Å². The van der Waals surface area contributed by atoms with Crippen molar-refractivity contribution in [3.63, 3.8) is 0 Å². The van der Waals surface area contributed by atoms with E-state index in [0.717, 1.165) is 5.56 Å². The number of nitrogens with zero attached hydrogens (tertiary/aromatic N) is 3. The number of nitriles is 1. The minimum absolute atomic E-state index is 0.00695. The van der Waals surface area contributed by atoms with Crippen molar-refractivity contribution in [3.05, 3.63) is 65.5 Å². The Morgan fingerprint density at radius 2 is 1.86 bits per heavy atom. The molecule has 1 spiro atoms. The summed E-state index contributed by atoms with van der Waals surface area (Å²) in [6.07, 6.45) is 0.501.